The number of halogens is 1. The average molecular weight is 373 g/mol. The number of anilines is 1. The molecule has 3 rings (SSSR count). The van der Waals surface area contributed by atoms with Gasteiger partial charge in [0.1, 0.15) is 5.82 Å². The van der Waals surface area contributed by atoms with Gasteiger partial charge in [0.05, 0.1) is 11.6 Å². The molecule has 1 aliphatic heterocycles. The van der Waals surface area contributed by atoms with Gasteiger partial charge in [-0.3, -0.25) is 14.5 Å². The number of Topliss-reactive ketones (excluding diaryl/α,β-unsaturated/α-hetero) is 1. The number of hydrogen-bond donors (Lipinski definition) is 1. The fourth-order valence-corrected chi connectivity index (χ4v) is 2.90. The quantitative estimate of drug-likeness (QED) is 0.896. The topological polar surface area (TPSA) is 70.5 Å². The first-order valence-corrected chi connectivity index (χ1v) is 7.74. The number of nitrogens with zero attached hydrogens (tertiary/aromatic N) is 2. The summed E-state index contributed by atoms with van der Waals surface area (Å²) in [7, 11) is 0. The molecule has 116 valence electrons. The maximum atomic E-state index is 12.5. The lowest BCUT2D eigenvalue weighted by molar-refractivity contribution is -0.117. The number of hydrogen-bond acceptors (Lipinski definition) is 4. The summed E-state index contributed by atoms with van der Waals surface area (Å²) in [6.45, 7) is 1.34. The Kier molecular flexibility index (Phi) is 4.00. The number of aliphatic hydroxyl groups is 1. The van der Waals surface area contributed by atoms with Gasteiger partial charge in [0.15, 0.2) is 11.5 Å². The molecule has 1 aromatic carbocycles. The summed E-state index contributed by atoms with van der Waals surface area (Å²) in [5, 5.41) is 10.2. The predicted octanol–water partition coefficient (Wildman–Crippen LogP) is 3.33. The molecular weight excluding hydrogens is 360 g/mol. The number of rotatable bonds is 3. The largest absolute Gasteiger partial charge is 0.503 e. The molecule has 0 fully saturated rings. The van der Waals surface area contributed by atoms with E-state index in [4.69, 9.17) is 0 Å². The van der Waals surface area contributed by atoms with E-state index >= 15 is 0 Å². The molecule has 1 aliphatic rings. The molecule has 1 atom stereocenters. The fourth-order valence-electron chi connectivity index (χ4n) is 2.66. The summed E-state index contributed by atoms with van der Waals surface area (Å²) in [5.74, 6) is -1.12. The number of aliphatic hydroxyl groups excluding tert-OH is 1. The number of amides is 1. The van der Waals surface area contributed by atoms with Gasteiger partial charge in [-0.2, -0.15) is 0 Å². The minimum Gasteiger partial charge on any atom is -0.503 e. The van der Waals surface area contributed by atoms with Crippen LogP contribution in [-0.2, 0) is 9.59 Å². The van der Waals surface area contributed by atoms with Crippen molar-refractivity contribution in [2.75, 3.05) is 4.90 Å². The summed E-state index contributed by atoms with van der Waals surface area (Å²) < 4.78 is 0.771. The summed E-state index contributed by atoms with van der Waals surface area (Å²) in [6, 6.07) is 11.8. The monoisotopic (exact) mass is 372 g/mol. The maximum Gasteiger partial charge on any atom is 0.295 e. The van der Waals surface area contributed by atoms with E-state index in [9.17, 15) is 14.7 Å². The van der Waals surface area contributed by atoms with Crippen molar-refractivity contribution >= 4 is 33.4 Å². The van der Waals surface area contributed by atoms with E-state index in [1.165, 1.54) is 11.8 Å². The number of benzene rings is 1. The Balaban J connectivity index is 2.16. The normalized spacial score (nSPS) is 17.7. The van der Waals surface area contributed by atoms with Crippen molar-refractivity contribution < 1.29 is 14.7 Å². The first-order chi connectivity index (χ1) is 11.0. The summed E-state index contributed by atoms with van der Waals surface area (Å²) >= 11 is 3.30. The summed E-state index contributed by atoms with van der Waals surface area (Å²) in [4.78, 5) is 30.1. The second-order valence-corrected chi connectivity index (χ2v) is 6.06. The molecule has 0 spiro atoms. The Bertz CT molecular complexity index is 800. The maximum absolute atomic E-state index is 12.5. The average Bonchev–Trinajstić information content (AvgIpc) is 2.81. The molecule has 0 aliphatic carbocycles. The van der Waals surface area contributed by atoms with Crippen molar-refractivity contribution in [1.29, 1.82) is 0 Å². The van der Waals surface area contributed by atoms with E-state index in [-0.39, 0.29) is 11.4 Å². The minimum absolute atomic E-state index is 0.0888. The van der Waals surface area contributed by atoms with E-state index in [0.29, 0.717) is 5.82 Å². The number of carbonyl (C=O) groups is 2. The fraction of sp³-hybridized carbons (Fsp3) is 0.118. The molecule has 2 heterocycles. The Hall–Kier alpha value is -2.47. The van der Waals surface area contributed by atoms with Gasteiger partial charge in [-0.25, -0.2) is 4.98 Å². The van der Waals surface area contributed by atoms with Crippen molar-refractivity contribution in [3.8, 4) is 0 Å². The third kappa shape index (κ3) is 2.66. The van der Waals surface area contributed by atoms with Gasteiger partial charge in [0.25, 0.3) is 5.91 Å². The molecule has 1 amide bonds. The van der Waals surface area contributed by atoms with E-state index in [2.05, 4.69) is 20.9 Å². The second-order valence-electron chi connectivity index (χ2n) is 5.14. The van der Waals surface area contributed by atoms with E-state index < -0.39 is 17.7 Å². The highest BCUT2D eigenvalue weighted by Crippen LogP contribution is 2.40. The second kappa shape index (κ2) is 5.96. The van der Waals surface area contributed by atoms with Crippen molar-refractivity contribution in [3.63, 3.8) is 0 Å². The highest BCUT2D eigenvalue weighted by molar-refractivity contribution is 9.10. The third-order valence-electron chi connectivity index (χ3n) is 3.66. The highest BCUT2D eigenvalue weighted by Gasteiger charge is 2.43. The molecule has 0 radical (unpaired) electrons. The zero-order valence-corrected chi connectivity index (χ0v) is 13.8. The number of ketones is 1. The van der Waals surface area contributed by atoms with Crippen LogP contribution in [0.15, 0.2) is 64.5 Å². The van der Waals surface area contributed by atoms with Gasteiger partial charge in [-0.15, -0.1) is 0 Å². The lowest BCUT2D eigenvalue weighted by Gasteiger charge is -2.25. The SMILES string of the molecule is CC(=O)C1=C(O)C(=O)N(c2ccc(Br)cn2)C1c1ccccc1. The van der Waals surface area contributed by atoms with Crippen LogP contribution in [0.1, 0.15) is 18.5 Å². The molecule has 1 aromatic heterocycles. The van der Waals surface area contributed by atoms with Crippen LogP contribution in [0.25, 0.3) is 0 Å². The van der Waals surface area contributed by atoms with Crippen LogP contribution in [0.3, 0.4) is 0 Å². The summed E-state index contributed by atoms with van der Waals surface area (Å²) in [6.07, 6.45) is 1.56. The first kappa shape index (κ1) is 15.4. The van der Waals surface area contributed by atoms with Crippen LogP contribution in [0, 0.1) is 0 Å². The van der Waals surface area contributed by atoms with Crippen molar-refractivity contribution in [2.45, 2.75) is 13.0 Å². The lowest BCUT2D eigenvalue weighted by Crippen LogP contribution is -2.31. The van der Waals surface area contributed by atoms with Gasteiger partial charge in [0, 0.05) is 10.7 Å². The molecule has 1 N–H and O–H groups in total. The number of carbonyl (C=O) groups excluding carboxylic acids is 2. The van der Waals surface area contributed by atoms with Crippen LogP contribution in [0.2, 0.25) is 0 Å². The molecule has 23 heavy (non-hydrogen) atoms. The Morgan fingerprint density at radius 2 is 1.91 bits per heavy atom. The Morgan fingerprint density at radius 3 is 2.48 bits per heavy atom. The minimum atomic E-state index is -0.685. The van der Waals surface area contributed by atoms with Crippen molar-refractivity contribution in [2.24, 2.45) is 0 Å². The third-order valence-corrected chi connectivity index (χ3v) is 4.13. The smallest absolute Gasteiger partial charge is 0.295 e. The molecule has 5 nitrogen and oxygen atoms in total. The number of aromatic nitrogens is 1. The first-order valence-electron chi connectivity index (χ1n) is 6.95. The van der Waals surface area contributed by atoms with Crippen LogP contribution < -0.4 is 4.90 Å². The molecule has 0 saturated carbocycles. The Morgan fingerprint density at radius 1 is 1.22 bits per heavy atom. The van der Waals surface area contributed by atoms with Crippen LogP contribution in [0.4, 0.5) is 5.82 Å². The zero-order valence-electron chi connectivity index (χ0n) is 12.2. The van der Waals surface area contributed by atoms with E-state index in [0.717, 1.165) is 10.0 Å². The Labute approximate surface area is 141 Å². The van der Waals surface area contributed by atoms with Gasteiger partial charge in [-0.05, 0) is 40.5 Å². The number of pyridine rings is 1. The molecule has 2 aromatic rings. The van der Waals surface area contributed by atoms with Gasteiger partial charge >= 0.3 is 0 Å². The van der Waals surface area contributed by atoms with E-state index in [1.807, 2.05) is 30.3 Å². The molecule has 0 bridgehead atoms. The molecule has 1 unspecified atom stereocenters. The summed E-state index contributed by atoms with van der Waals surface area (Å²) in [5.41, 5.74) is 0.825. The van der Waals surface area contributed by atoms with Crippen LogP contribution >= 0.6 is 15.9 Å². The lowest BCUT2D eigenvalue weighted by atomic mass is 9.97. The van der Waals surface area contributed by atoms with Gasteiger partial charge in [0.2, 0.25) is 0 Å². The zero-order chi connectivity index (χ0) is 16.6. The van der Waals surface area contributed by atoms with Gasteiger partial charge < -0.3 is 5.11 Å². The highest BCUT2D eigenvalue weighted by atomic mass is 79.9. The molecular formula is C17H13BrN2O3. The molecule has 0 saturated heterocycles. The molecule has 6 heteroatoms. The van der Waals surface area contributed by atoms with Crippen LogP contribution in [-0.4, -0.2) is 21.8 Å². The van der Waals surface area contributed by atoms with E-state index in [1.54, 1.807) is 18.3 Å². The van der Waals surface area contributed by atoms with Gasteiger partial charge in [-0.1, -0.05) is 30.3 Å². The van der Waals surface area contributed by atoms with Crippen molar-refractivity contribution in [3.05, 3.63) is 70.0 Å². The van der Waals surface area contributed by atoms with Crippen LogP contribution in [0.5, 0.6) is 0 Å². The standard InChI is InChI=1S/C17H13BrN2O3/c1-10(21)14-15(11-5-3-2-4-6-11)20(17(23)16(14)22)13-8-7-12(18)9-19-13/h2-9,15,22H,1H3. The predicted molar refractivity (Wildman–Crippen MR) is 88.9 cm³/mol. The van der Waals surface area contributed by atoms with Crippen molar-refractivity contribution in [1.82, 2.24) is 4.98 Å².